The predicted octanol–water partition coefficient (Wildman–Crippen LogP) is 6.24. The third kappa shape index (κ3) is 7.72. The first-order valence-corrected chi connectivity index (χ1v) is 14.5. The highest BCUT2D eigenvalue weighted by Crippen LogP contribution is 2.22. The molecule has 3 aromatic carbocycles. The van der Waals surface area contributed by atoms with Crippen LogP contribution in [0, 0.1) is 13.8 Å². The minimum absolute atomic E-state index is 0.00402. The van der Waals surface area contributed by atoms with E-state index in [1.807, 2.05) is 59.5 Å². The second-order valence-corrected chi connectivity index (χ2v) is 11.0. The molecule has 0 heterocycles. The highest BCUT2D eigenvalue weighted by molar-refractivity contribution is 7.99. The van der Waals surface area contributed by atoms with Crippen LogP contribution < -0.4 is 5.32 Å². The maximum atomic E-state index is 13.8. The number of amides is 2. The summed E-state index contributed by atoms with van der Waals surface area (Å²) in [5.74, 6) is 1.07. The molecule has 0 bridgehead atoms. The molecule has 0 radical (unpaired) electrons. The molecule has 194 valence electrons. The fourth-order valence-corrected chi connectivity index (χ4v) is 5.98. The second kappa shape index (κ2) is 13.5. The summed E-state index contributed by atoms with van der Waals surface area (Å²) in [6, 6.07) is 26.1. The van der Waals surface area contributed by atoms with Gasteiger partial charge >= 0.3 is 0 Å². The molecular formula is C32H38N2O2S. The molecule has 1 atom stereocenters. The minimum Gasteiger partial charge on any atom is -0.352 e. The van der Waals surface area contributed by atoms with Gasteiger partial charge in [-0.1, -0.05) is 91.7 Å². The molecule has 3 aromatic rings. The molecule has 1 aliphatic rings. The van der Waals surface area contributed by atoms with E-state index < -0.39 is 6.04 Å². The van der Waals surface area contributed by atoms with E-state index in [0.29, 0.717) is 18.7 Å². The van der Waals surface area contributed by atoms with Crippen LogP contribution in [0.3, 0.4) is 0 Å². The van der Waals surface area contributed by atoms with Crippen molar-refractivity contribution < 1.29 is 9.59 Å². The molecule has 0 aromatic heterocycles. The number of carbonyl (C=O) groups is 2. The van der Waals surface area contributed by atoms with Crippen molar-refractivity contribution in [3.8, 4) is 0 Å². The van der Waals surface area contributed by atoms with Crippen molar-refractivity contribution in [1.82, 2.24) is 10.2 Å². The number of hydrogen-bond donors (Lipinski definition) is 1. The molecule has 0 saturated heterocycles. The van der Waals surface area contributed by atoms with Gasteiger partial charge in [-0.2, -0.15) is 0 Å². The molecule has 0 spiro atoms. The number of nitrogens with zero attached hydrogens (tertiary/aromatic N) is 1. The van der Waals surface area contributed by atoms with E-state index in [1.165, 1.54) is 11.1 Å². The Balaban J connectivity index is 1.58. The molecule has 5 heteroatoms. The molecule has 2 amide bonds. The Morgan fingerprint density at radius 3 is 2.11 bits per heavy atom. The number of rotatable bonds is 11. The quantitative estimate of drug-likeness (QED) is 0.330. The lowest BCUT2D eigenvalue weighted by molar-refractivity contribution is -0.139. The number of thioether (sulfide) groups is 1. The molecule has 37 heavy (non-hydrogen) atoms. The summed E-state index contributed by atoms with van der Waals surface area (Å²) in [5, 5.41) is 3.28. The van der Waals surface area contributed by atoms with Crippen LogP contribution in [-0.4, -0.2) is 34.6 Å². The van der Waals surface area contributed by atoms with Crippen LogP contribution in [0.2, 0.25) is 0 Å². The largest absolute Gasteiger partial charge is 0.352 e. The van der Waals surface area contributed by atoms with Crippen LogP contribution in [0.25, 0.3) is 0 Å². The van der Waals surface area contributed by atoms with Gasteiger partial charge < -0.3 is 10.2 Å². The third-order valence-corrected chi connectivity index (χ3v) is 8.29. The fraction of sp³-hybridized carbons (Fsp3) is 0.375. The van der Waals surface area contributed by atoms with E-state index in [0.717, 1.165) is 48.1 Å². The van der Waals surface area contributed by atoms with Crippen molar-refractivity contribution >= 4 is 23.6 Å². The smallest absolute Gasteiger partial charge is 0.243 e. The molecule has 1 fully saturated rings. The van der Waals surface area contributed by atoms with Crippen molar-refractivity contribution in [2.75, 3.05) is 5.75 Å². The number of benzene rings is 3. The van der Waals surface area contributed by atoms with Gasteiger partial charge in [0.2, 0.25) is 11.8 Å². The first kappa shape index (κ1) is 27.0. The lowest BCUT2D eigenvalue weighted by Crippen LogP contribution is -2.52. The van der Waals surface area contributed by atoms with Crippen molar-refractivity contribution in [3.05, 3.63) is 107 Å². The van der Waals surface area contributed by atoms with E-state index in [-0.39, 0.29) is 17.9 Å². The first-order valence-electron chi connectivity index (χ1n) is 13.3. The first-order chi connectivity index (χ1) is 18.0. The number of nitrogens with one attached hydrogen (secondary N) is 1. The molecule has 4 rings (SSSR count). The lowest BCUT2D eigenvalue weighted by atomic mass is 10.0. The second-order valence-electron chi connectivity index (χ2n) is 10.1. The van der Waals surface area contributed by atoms with Crippen LogP contribution in [0.4, 0.5) is 0 Å². The van der Waals surface area contributed by atoms with Crippen LogP contribution in [0.1, 0.15) is 53.5 Å². The Kier molecular flexibility index (Phi) is 9.84. The Morgan fingerprint density at radius 1 is 0.865 bits per heavy atom. The Morgan fingerprint density at radius 2 is 1.46 bits per heavy atom. The standard InChI is InChI=1S/C32H38N2O2S/c1-24-12-6-8-16-27(24)21-34(31(35)23-37-22-28-17-9-7-13-25(28)2)30(20-26-14-4-3-5-15-26)32(36)33-29-18-10-11-19-29/h3-9,12-17,29-30H,10-11,18-23H2,1-2H3,(H,33,36). The van der Waals surface area contributed by atoms with Crippen molar-refractivity contribution in [2.24, 2.45) is 0 Å². The zero-order valence-electron chi connectivity index (χ0n) is 22.0. The highest BCUT2D eigenvalue weighted by Gasteiger charge is 2.32. The molecule has 1 aliphatic carbocycles. The SMILES string of the molecule is Cc1ccccc1CSCC(=O)N(Cc1ccccc1C)C(Cc1ccccc1)C(=O)NC1CCCC1. The summed E-state index contributed by atoms with van der Waals surface area (Å²) < 4.78 is 0. The molecule has 1 unspecified atom stereocenters. The maximum absolute atomic E-state index is 13.8. The van der Waals surface area contributed by atoms with Gasteiger partial charge in [-0.15, -0.1) is 11.8 Å². The van der Waals surface area contributed by atoms with Crippen LogP contribution in [-0.2, 0) is 28.3 Å². The Labute approximate surface area is 225 Å². The van der Waals surface area contributed by atoms with E-state index >= 15 is 0 Å². The number of hydrogen-bond acceptors (Lipinski definition) is 3. The zero-order chi connectivity index (χ0) is 26.0. The molecular weight excluding hydrogens is 476 g/mol. The highest BCUT2D eigenvalue weighted by atomic mass is 32.2. The van der Waals surface area contributed by atoms with E-state index in [2.05, 4.69) is 43.4 Å². The van der Waals surface area contributed by atoms with Gasteiger partial charge in [0.05, 0.1) is 5.75 Å². The minimum atomic E-state index is -0.561. The van der Waals surface area contributed by atoms with Gasteiger partial charge in [0.25, 0.3) is 0 Å². The number of carbonyl (C=O) groups excluding carboxylic acids is 2. The Bertz CT molecular complexity index is 1170. The van der Waals surface area contributed by atoms with Gasteiger partial charge in [0.1, 0.15) is 6.04 Å². The average Bonchev–Trinajstić information content (AvgIpc) is 3.42. The van der Waals surface area contributed by atoms with Crippen molar-refractivity contribution in [3.63, 3.8) is 0 Å². The number of aryl methyl sites for hydroxylation is 2. The summed E-state index contributed by atoms with van der Waals surface area (Å²) >= 11 is 1.62. The van der Waals surface area contributed by atoms with Crippen molar-refractivity contribution in [2.45, 2.75) is 70.3 Å². The van der Waals surface area contributed by atoms with E-state index in [1.54, 1.807) is 11.8 Å². The van der Waals surface area contributed by atoms with E-state index in [4.69, 9.17) is 0 Å². The summed E-state index contributed by atoms with van der Waals surface area (Å²) in [5.41, 5.74) is 5.74. The molecule has 1 saturated carbocycles. The van der Waals surface area contributed by atoms with Gasteiger partial charge in [0, 0.05) is 24.8 Å². The topological polar surface area (TPSA) is 49.4 Å². The van der Waals surface area contributed by atoms with Crippen LogP contribution in [0.15, 0.2) is 78.9 Å². The molecule has 1 N–H and O–H groups in total. The van der Waals surface area contributed by atoms with E-state index in [9.17, 15) is 9.59 Å². The van der Waals surface area contributed by atoms with Gasteiger partial charge in [-0.05, 0) is 54.5 Å². The summed E-state index contributed by atoms with van der Waals surface area (Å²) in [6.45, 7) is 4.59. The van der Waals surface area contributed by atoms with Crippen LogP contribution >= 0.6 is 11.8 Å². The van der Waals surface area contributed by atoms with Gasteiger partial charge in [0.15, 0.2) is 0 Å². The zero-order valence-corrected chi connectivity index (χ0v) is 22.8. The summed E-state index contributed by atoms with van der Waals surface area (Å²) in [7, 11) is 0. The predicted molar refractivity (Wildman–Crippen MR) is 153 cm³/mol. The average molecular weight is 515 g/mol. The molecule has 0 aliphatic heterocycles. The van der Waals surface area contributed by atoms with Crippen LogP contribution in [0.5, 0.6) is 0 Å². The third-order valence-electron chi connectivity index (χ3n) is 7.32. The lowest BCUT2D eigenvalue weighted by Gasteiger charge is -2.32. The fourth-order valence-electron chi connectivity index (χ4n) is 5.00. The normalized spacial score (nSPS) is 14.3. The summed E-state index contributed by atoms with van der Waals surface area (Å²) in [6.07, 6.45) is 4.83. The maximum Gasteiger partial charge on any atom is 0.243 e. The van der Waals surface area contributed by atoms with Gasteiger partial charge in [-0.25, -0.2) is 0 Å². The summed E-state index contributed by atoms with van der Waals surface area (Å²) in [4.78, 5) is 29.4. The monoisotopic (exact) mass is 514 g/mol. The van der Waals surface area contributed by atoms with Crippen molar-refractivity contribution in [1.29, 1.82) is 0 Å². The van der Waals surface area contributed by atoms with Gasteiger partial charge in [-0.3, -0.25) is 9.59 Å². The Hall–Kier alpha value is -3.05. The molecule has 4 nitrogen and oxygen atoms in total.